The Morgan fingerprint density at radius 3 is 2.30 bits per heavy atom. The van der Waals surface area contributed by atoms with Crippen LogP contribution >= 0.6 is 0 Å². The SMILES string of the molecule is CCOCCOCCOCCNC(=O)c1cc(NC)ccc1COC(C)=O. The van der Waals surface area contributed by atoms with Gasteiger partial charge in [0.25, 0.3) is 5.91 Å². The molecule has 0 saturated carbocycles. The largest absolute Gasteiger partial charge is 0.461 e. The normalized spacial score (nSPS) is 10.5. The lowest BCUT2D eigenvalue weighted by Crippen LogP contribution is -2.28. The first-order valence-electron chi connectivity index (χ1n) is 9.04. The summed E-state index contributed by atoms with van der Waals surface area (Å²) < 4.78 is 20.9. The van der Waals surface area contributed by atoms with E-state index >= 15 is 0 Å². The van der Waals surface area contributed by atoms with E-state index in [-0.39, 0.29) is 12.5 Å². The number of hydrogen-bond acceptors (Lipinski definition) is 7. The van der Waals surface area contributed by atoms with Crippen LogP contribution in [0.3, 0.4) is 0 Å². The lowest BCUT2D eigenvalue weighted by molar-refractivity contribution is -0.142. The molecule has 0 bridgehead atoms. The Kier molecular flexibility index (Phi) is 11.8. The van der Waals surface area contributed by atoms with Crippen molar-refractivity contribution in [3.8, 4) is 0 Å². The topological polar surface area (TPSA) is 95.1 Å². The first kappa shape index (κ1) is 22.9. The maximum Gasteiger partial charge on any atom is 0.302 e. The van der Waals surface area contributed by atoms with Crippen LogP contribution in [0.5, 0.6) is 0 Å². The van der Waals surface area contributed by atoms with Crippen molar-refractivity contribution < 1.29 is 28.5 Å². The van der Waals surface area contributed by atoms with Crippen molar-refractivity contribution in [1.82, 2.24) is 5.32 Å². The number of hydrogen-bond donors (Lipinski definition) is 2. The Morgan fingerprint density at radius 2 is 1.67 bits per heavy atom. The zero-order valence-electron chi connectivity index (χ0n) is 16.3. The molecule has 0 aliphatic carbocycles. The summed E-state index contributed by atoms with van der Waals surface area (Å²) in [6, 6.07) is 5.31. The van der Waals surface area contributed by atoms with Crippen molar-refractivity contribution in [2.45, 2.75) is 20.5 Å². The van der Waals surface area contributed by atoms with Gasteiger partial charge in [0.1, 0.15) is 6.61 Å². The van der Waals surface area contributed by atoms with Crippen LogP contribution in [0.2, 0.25) is 0 Å². The number of carbonyl (C=O) groups is 2. The Morgan fingerprint density at radius 1 is 1.00 bits per heavy atom. The van der Waals surface area contributed by atoms with Crippen molar-refractivity contribution in [3.63, 3.8) is 0 Å². The number of esters is 1. The molecule has 0 fully saturated rings. The molecule has 8 nitrogen and oxygen atoms in total. The molecule has 1 aromatic carbocycles. The zero-order chi connectivity index (χ0) is 19.9. The molecule has 0 spiro atoms. The molecular weight excluding hydrogens is 352 g/mol. The number of rotatable bonds is 14. The highest BCUT2D eigenvalue weighted by Gasteiger charge is 2.13. The second kappa shape index (κ2) is 14.0. The second-order valence-electron chi connectivity index (χ2n) is 5.58. The minimum atomic E-state index is -0.393. The predicted molar refractivity (Wildman–Crippen MR) is 102 cm³/mol. The molecule has 0 aliphatic heterocycles. The smallest absolute Gasteiger partial charge is 0.302 e. The Hall–Kier alpha value is -2.16. The number of nitrogens with one attached hydrogen (secondary N) is 2. The van der Waals surface area contributed by atoms with E-state index in [9.17, 15) is 9.59 Å². The van der Waals surface area contributed by atoms with Crippen LogP contribution in [-0.2, 0) is 30.3 Å². The van der Waals surface area contributed by atoms with Crippen molar-refractivity contribution in [1.29, 1.82) is 0 Å². The Labute approximate surface area is 160 Å². The third-order valence-electron chi connectivity index (χ3n) is 3.55. The lowest BCUT2D eigenvalue weighted by Gasteiger charge is -2.12. The van der Waals surface area contributed by atoms with E-state index in [1.54, 1.807) is 19.2 Å². The quantitative estimate of drug-likeness (QED) is 0.373. The molecule has 2 N–H and O–H groups in total. The first-order chi connectivity index (χ1) is 13.1. The van der Waals surface area contributed by atoms with Gasteiger partial charge in [0.05, 0.1) is 33.0 Å². The fourth-order valence-corrected chi connectivity index (χ4v) is 2.16. The molecule has 1 rings (SSSR count). The van der Waals surface area contributed by atoms with Gasteiger partial charge in [-0.3, -0.25) is 9.59 Å². The van der Waals surface area contributed by atoms with Gasteiger partial charge in [-0.05, 0) is 19.1 Å². The molecule has 0 atom stereocenters. The van der Waals surface area contributed by atoms with E-state index in [0.717, 1.165) is 5.69 Å². The third-order valence-corrected chi connectivity index (χ3v) is 3.55. The van der Waals surface area contributed by atoms with Crippen LogP contribution in [0.15, 0.2) is 18.2 Å². The summed E-state index contributed by atoms with van der Waals surface area (Å²) in [7, 11) is 1.77. The van der Waals surface area contributed by atoms with Gasteiger partial charge in [-0.2, -0.15) is 0 Å². The highest BCUT2D eigenvalue weighted by molar-refractivity contribution is 5.96. The summed E-state index contributed by atoms with van der Waals surface area (Å²) in [6.45, 7) is 6.81. The van der Waals surface area contributed by atoms with E-state index in [4.69, 9.17) is 18.9 Å². The van der Waals surface area contributed by atoms with Crippen LogP contribution in [0.4, 0.5) is 5.69 Å². The van der Waals surface area contributed by atoms with Gasteiger partial charge in [-0.25, -0.2) is 0 Å². The summed E-state index contributed by atoms with van der Waals surface area (Å²) in [4.78, 5) is 23.5. The highest BCUT2D eigenvalue weighted by atomic mass is 16.5. The summed E-state index contributed by atoms with van der Waals surface area (Å²) in [5.74, 6) is -0.637. The summed E-state index contributed by atoms with van der Waals surface area (Å²) >= 11 is 0. The van der Waals surface area contributed by atoms with E-state index in [0.29, 0.717) is 57.3 Å². The summed E-state index contributed by atoms with van der Waals surface area (Å²) in [5, 5.41) is 5.79. The molecule has 0 aliphatic rings. The summed E-state index contributed by atoms with van der Waals surface area (Å²) in [6.07, 6.45) is 0. The summed E-state index contributed by atoms with van der Waals surface area (Å²) in [5.41, 5.74) is 1.90. The van der Waals surface area contributed by atoms with Gasteiger partial charge in [-0.15, -0.1) is 0 Å². The number of amides is 1. The van der Waals surface area contributed by atoms with Crippen molar-refractivity contribution in [3.05, 3.63) is 29.3 Å². The first-order valence-corrected chi connectivity index (χ1v) is 9.04. The molecule has 1 amide bonds. The average Bonchev–Trinajstić information content (AvgIpc) is 2.67. The number of benzene rings is 1. The van der Waals surface area contributed by atoms with Crippen molar-refractivity contribution in [2.24, 2.45) is 0 Å². The molecule has 0 aromatic heterocycles. The highest BCUT2D eigenvalue weighted by Crippen LogP contribution is 2.17. The molecular formula is C19H30N2O6. The predicted octanol–water partition coefficient (Wildman–Crippen LogP) is 1.59. The monoisotopic (exact) mass is 382 g/mol. The van der Waals surface area contributed by atoms with Crippen LogP contribution in [0.1, 0.15) is 29.8 Å². The van der Waals surface area contributed by atoms with Gasteiger partial charge >= 0.3 is 5.97 Å². The van der Waals surface area contributed by atoms with Crippen molar-refractivity contribution in [2.75, 3.05) is 58.6 Å². The van der Waals surface area contributed by atoms with Gasteiger partial charge in [0, 0.05) is 43.9 Å². The number of carbonyl (C=O) groups excluding carboxylic acids is 2. The molecule has 0 radical (unpaired) electrons. The van der Waals surface area contributed by atoms with Crippen LogP contribution < -0.4 is 10.6 Å². The molecule has 1 aromatic rings. The number of anilines is 1. The fraction of sp³-hybridized carbons (Fsp3) is 0.579. The van der Waals surface area contributed by atoms with E-state index in [2.05, 4.69) is 10.6 Å². The Bertz CT molecular complexity index is 579. The fourth-order valence-electron chi connectivity index (χ4n) is 2.16. The molecule has 8 heteroatoms. The van der Waals surface area contributed by atoms with Crippen LogP contribution in [0.25, 0.3) is 0 Å². The van der Waals surface area contributed by atoms with Gasteiger partial charge in [0.15, 0.2) is 0 Å². The Balaban J connectivity index is 2.35. The standard InChI is InChI=1S/C19H30N2O6/c1-4-24-9-10-26-12-11-25-8-7-21-19(23)18-13-17(20-3)6-5-16(18)14-27-15(2)22/h5-6,13,20H,4,7-12,14H2,1-3H3,(H,21,23). The zero-order valence-corrected chi connectivity index (χ0v) is 16.3. The van der Waals surface area contributed by atoms with Crippen LogP contribution in [0, 0.1) is 0 Å². The van der Waals surface area contributed by atoms with Gasteiger partial charge < -0.3 is 29.6 Å². The van der Waals surface area contributed by atoms with E-state index in [1.807, 2.05) is 13.0 Å². The maximum atomic E-state index is 12.4. The maximum absolute atomic E-state index is 12.4. The molecule has 0 heterocycles. The molecule has 152 valence electrons. The van der Waals surface area contributed by atoms with Crippen molar-refractivity contribution >= 4 is 17.6 Å². The van der Waals surface area contributed by atoms with E-state index < -0.39 is 5.97 Å². The molecule has 0 unspecified atom stereocenters. The van der Waals surface area contributed by atoms with Gasteiger partial charge in [0.2, 0.25) is 0 Å². The molecule has 27 heavy (non-hydrogen) atoms. The molecule has 0 saturated heterocycles. The third kappa shape index (κ3) is 9.93. The number of ether oxygens (including phenoxy) is 4. The minimum absolute atomic E-state index is 0.0532. The lowest BCUT2D eigenvalue weighted by atomic mass is 10.1. The van der Waals surface area contributed by atoms with E-state index in [1.165, 1.54) is 6.92 Å². The average molecular weight is 382 g/mol. The van der Waals surface area contributed by atoms with Crippen LogP contribution in [-0.4, -0.2) is 65.1 Å². The minimum Gasteiger partial charge on any atom is -0.461 e. The second-order valence-corrected chi connectivity index (χ2v) is 5.58. The van der Waals surface area contributed by atoms with Gasteiger partial charge in [-0.1, -0.05) is 6.07 Å².